The smallest absolute Gasteiger partial charge is 0.0211 e. The van der Waals surface area contributed by atoms with Crippen LogP contribution in [-0.2, 0) is 0 Å². The van der Waals surface area contributed by atoms with Crippen molar-refractivity contribution in [2.45, 2.75) is 10.3 Å². The van der Waals surface area contributed by atoms with Crippen molar-refractivity contribution in [3.05, 3.63) is 0 Å². The van der Waals surface area contributed by atoms with Crippen LogP contribution in [0.2, 0.25) is 0 Å². The lowest BCUT2D eigenvalue weighted by atomic mass is 10.3. The van der Waals surface area contributed by atoms with Gasteiger partial charge in [0, 0.05) is 8.35 Å². The van der Waals surface area contributed by atoms with Gasteiger partial charge in [0.25, 0.3) is 0 Å². The average Bonchev–Trinajstić information content (AvgIpc) is 1.68. The Morgan fingerprint density at radius 1 is 1.57 bits per heavy atom. The normalized spacial score (nSPS) is 14.1. The first-order chi connectivity index (χ1) is 3.31. The molecule has 0 aliphatic carbocycles. The fourth-order valence-corrected chi connectivity index (χ4v) is 1.06. The van der Waals surface area contributed by atoms with Crippen LogP contribution < -0.4 is 5.73 Å². The third-order valence-corrected chi connectivity index (χ3v) is 4.46. The Morgan fingerprint density at radius 2 is 2.14 bits per heavy atom. The quantitative estimate of drug-likeness (QED) is 0.619. The number of alkyl halides is 2. The molecule has 2 N–H and O–H groups in total. The van der Waals surface area contributed by atoms with Crippen LogP contribution in [0, 0.1) is 0 Å². The van der Waals surface area contributed by atoms with Crippen molar-refractivity contribution in [2.24, 2.45) is 5.73 Å². The zero-order valence-electron chi connectivity index (χ0n) is 4.03. The highest BCUT2D eigenvalue weighted by atomic mass is 127. The summed E-state index contributed by atoms with van der Waals surface area (Å²) in [7, 11) is 0. The molecular weight excluding hydrogens is 316 g/mol. The van der Waals surface area contributed by atoms with Crippen molar-refractivity contribution >= 4 is 45.2 Å². The van der Waals surface area contributed by atoms with E-state index in [-0.39, 0.29) is 0 Å². The van der Waals surface area contributed by atoms with Crippen LogP contribution in [0.1, 0.15) is 6.42 Å². The van der Waals surface area contributed by atoms with E-state index >= 15 is 0 Å². The topological polar surface area (TPSA) is 26.0 Å². The summed E-state index contributed by atoms with van der Waals surface area (Å²) >= 11 is 4.79. The van der Waals surface area contributed by atoms with E-state index in [1.807, 2.05) is 0 Å². The summed E-state index contributed by atoms with van der Waals surface area (Å²) in [6.07, 6.45) is 1.16. The van der Waals surface area contributed by atoms with Crippen molar-refractivity contribution in [1.82, 2.24) is 0 Å². The maximum Gasteiger partial charge on any atom is 0.0211 e. The first kappa shape index (κ1) is 8.42. The Hall–Kier alpha value is 1.42. The Kier molecular flexibility index (Phi) is 6.68. The first-order valence-electron chi connectivity index (χ1n) is 2.21. The van der Waals surface area contributed by atoms with Crippen molar-refractivity contribution in [3.8, 4) is 0 Å². The Morgan fingerprint density at radius 3 is 2.29 bits per heavy atom. The molecule has 0 aromatic heterocycles. The van der Waals surface area contributed by atoms with E-state index in [1.54, 1.807) is 0 Å². The summed E-state index contributed by atoms with van der Waals surface area (Å²) in [6, 6.07) is 0. The molecule has 0 aromatic rings. The minimum absolute atomic E-state index is 0.781. The lowest BCUT2D eigenvalue weighted by Gasteiger charge is -1.99. The van der Waals surface area contributed by atoms with Gasteiger partial charge >= 0.3 is 0 Å². The van der Waals surface area contributed by atoms with Gasteiger partial charge in [0.15, 0.2) is 0 Å². The standard InChI is InChI=1S/C4H9I2N/c5-3-4(6)1-2-7/h4H,1-3,7H2. The lowest BCUT2D eigenvalue weighted by molar-refractivity contribution is 0.858. The SMILES string of the molecule is NCCC(I)CI. The van der Waals surface area contributed by atoms with Crippen molar-refractivity contribution in [1.29, 1.82) is 0 Å². The van der Waals surface area contributed by atoms with Crippen molar-refractivity contribution in [2.75, 3.05) is 11.0 Å². The monoisotopic (exact) mass is 325 g/mol. The highest BCUT2D eigenvalue weighted by Gasteiger charge is 1.96. The molecule has 44 valence electrons. The molecule has 1 nitrogen and oxygen atoms in total. The highest BCUT2D eigenvalue weighted by molar-refractivity contribution is 14.1. The van der Waals surface area contributed by atoms with E-state index in [0.717, 1.165) is 16.9 Å². The highest BCUT2D eigenvalue weighted by Crippen LogP contribution is 2.07. The van der Waals surface area contributed by atoms with Gasteiger partial charge in [-0.3, -0.25) is 0 Å². The molecule has 0 fully saturated rings. The minimum Gasteiger partial charge on any atom is -0.330 e. The van der Waals surface area contributed by atoms with E-state index in [0.29, 0.717) is 0 Å². The zero-order chi connectivity index (χ0) is 5.70. The molecule has 1 atom stereocenters. The van der Waals surface area contributed by atoms with Crippen molar-refractivity contribution in [3.63, 3.8) is 0 Å². The largest absolute Gasteiger partial charge is 0.330 e. The maximum absolute atomic E-state index is 5.30. The van der Waals surface area contributed by atoms with Gasteiger partial charge in [-0.25, -0.2) is 0 Å². The molecule has 0 spiro atoms. The summed E-state index contributed by atoms with van der Waals surface area (Å²) in [4.78, 5) is 0. The summed E-state index contributed by atoms with van der Waals surface area (Å²) in [5, 5.41) is 0. The number of rotatable bonds is 3. The molecule has 0 saturated heterocycles. The van der Waals surface area contributed by atoms with Gasteiger partial charge < -0.3 is 5.73 Å². The lowest BCUT2D eigenvalue weighted by Crippen LogP contribution is -2.07. The van der Waals surface area contributed by atoms with Crippen LogP contribution in [0.15, 0.2) is 0 Å². The summed E-state index contributed by atoms with van der Waals surface area (Å²) < 4.78 is 2.00. The van der Waals surface area contributed by atoms with Gasteiger partial charge in [-0.2, -0.15) is 0 Å². The van der Waals surface area contributed by atoms with Gasteiger partial charge in [-0.1, -0.05) is 45.2 Å². The van der Waals surface area contributed by atoms with Crippen LogP contribution in [0.3, 0.4) is 0 Å². The molecule has 0 heterocycles. The molecule has 0 saturated carbocycles. The Labute approximate surface area is 71.7 Å². The maximum atomic E-state index is 5.30. The van der Waals surface area contributed by atoms with Gasteiger partial charge in [-0.05, 0) is 13.0 Å². The molecule has 0 aliphatic rings. The van der Waals surface area contributed by atoms with Gasteiger partial charge in [0.05, 0.1) is 0 Å². The molecule has 1 unspecified atom stereocenters. The molecule has 0 radical (unpaired) electrons. The molecule has 0 aromatic carbocycles. The predicted octanol–water partition coefficient (Wildman–Crippen LogP) is 1.57. The van der Waals surface area contributed by atoms with E-state index in [9.17, 15) is 0 Å². The second-order valence-corrected chi connectivity index (χ2v) is 3.97. The molecular formula is C4H9I2N. The predicted molar refractivity (Wildman–Crippen MR) is 50.4 cm³/mol. The fourth-order valence-electron chi connectivity index (χ4n) is 0.258. The third-order valence-electron chi connectivity index (χ3n) is 0.647. The third kappa shape index (κ3) is 5.29. The van der Waals surface area contributed by atoms with E-state index < -0.39 is 0 Å². The molecule has 0 rings (SSSR count). The number of nitrogens with two attached hydrogens (primary N) is 1. The molecule has 0 amide bonds. The number of halogens is 2. The summed E-state index contributed by atoms with van der Waals surface area (Å²) in [6.45, 7) is 0.830. The van der Waals surface area contributed by atoms with Crippen LogP contribution in [0.25, 0.3) is 0 Å². The van der Waals surface area contributed by atoms with Gasteiger partial charge in [0.1, 0.15) is 0 Å². The second-order valence-electron chi connectivity index (χ2n) is 1.33. The average molecular weight is 325 g/mol. The van der Waals surface area contributed by atoms with E-state index in [4.69, 9.17) is 5.73 Å². The molecule has 3 heteroatoms. The summed E-state index contributed by atoms with van der Waals surface area (Å²) in [5.41, 5.74) is 5.30. The van der Waals surface area contributed by atoms with Crippen LogP contribution in [0.5, 0.6) is 0 Å². The molecule has 0 aliphatic heterocycles. The Balaban J connectivity index is 2.83. The van der Waals surface area contributed by atoms with Gasteiger partial charge in [0.2, 0.25) is 0 Å². The number of hydrogen-bond donors (Lipinski definition) is 1. The van der Waals surface area contributed by atoms with E-state index in [2.05, 4.69) is 45.2 Å². The molecule has 0 bridgehead atoms. The first-order valence-corrected chi connectivity index (χ1v) is 4.98. The van der Waals surface area contributed by atoms with Crippen molar-refractivity contribution < 1.29 is 0 Å². The van der Waals surface area contributed by atoms with Crippen LogP contribution in [0.4, 0.5) is 0 Å². The second kappa shape index (κ2) is 5.55. The van der Waals surface area contributed by atoms with Crippen LogP contribution >= 0.6 is 45.2 Å². The van der Waals surface area contributed by atoms with Gasteiger partial charge in [-0.15, -0.1) is 0 Å². The Bertz CT molecular complexity index is 40.7. The summed E-state index contributed by atoms with van der Waals surface area (Å²) in [5.74, 6) is 0. The molecule has 7 heavy (non-hydrogen) atoms. The van der Waals surface area contributed by atoms with Crippen LogP contribution in [-0.4, -0.2) is 14.9 Å². The minimum atomic E-state index is 0.781. The zero-order valence-corrected chi connectivity index (χ0v) is 8.35. The van der Waals surface area contributed by atoms with E-state index in [1.165, 1.54) is 4.43 Å². The fraction of sp³-hybridized carbons (Fsp3) is 1.00. The number of hydrogen-bond acceptors (Lipinski definition) is 1.